The molecule has 0 aromatic heterocycles. The monoisotopic (exact) mass is 1060 g/mol. The number of carbonyl (C=O) groups excluding carboxylic acids is 3. The highest BCUT2D eigenvalue weighted by atomic mass is 16.6. The number of hydrogen-bond donors (Lipinski definition) is 0. The van der Waals surface area contributed by atoms with Gasteiger partial charge in [0.15, 0.2) is 6.10 Å². The third-order valence-corrected chi connectivity index (χ3v) is 12.8. The number of allylic oxidation sites excluding steroid dienone is 24. The van der Waals surface area contributed by atoms with Crippen LogP contribution in [0, 0.1) is 0 Å². The van der Waals surface area contributed by atoms with Crippen molar-refractivity contribution in [2.75, 3.05) is 13.2 Å². The van der Waals surface area contributed by atoms with Crippen LogP contribution in [0.3, 0.4) is 0 Å². The molecule has 0 N–H and O–H groups in total. The van der Waals surface area contributed by atoms with Crippen molar-refractivity contribution < 1.29 is 28.6 Å². The molecule has 0 heterocycles. The van der Waals surface area contributed by atoms with Gasteiger partial charge in [-0.25, -0.2) is 0 Å². The average Bonchev–Trinajstić information content (AvgIpc) is 3.43. The van der Waals surface area contributed by atoms with Gasteiger partial charge in [-0.3, -0.25) is 14.4 Å². The Bertz CT molecular complexity index is 1700. The van der Waals surface area contributed by atoms with Gasteiger partial charge in [-0.1, -0.05) is 263 Å². The number of hydrogen-bond acceptors (Lipinski definition) is 6. The molecule has 0 amide bonds. The highest BCUT2D eigenvalue weighted by molar-refractivity contribution is 5.71. The number of rotatable bonds is 55. The van der Waals surface area contributed by atoms with Crippen LogP contribution in [0.5, 0.6) is 0 Å². The number of carbonyl (C=O) groups is 3. The summed E-state index contributed by atoms with van der Waals surface area (Å²) in [6.45, 7) is 6.32. The minimum absolute atomic E-state index is 0.114. The van der Waals surface area contributed by atoms with Gasteiger partial charge < -0.3 is 14.2 Å². The maximum absolute atomic E-state index is 12.9. The summed E-state index contributed by atoms with van der Waals surface area (Å²) in [7, 11) is 0. The predicted molar refractivity (Wildman–Crippen MR) is 334 cm³/mol. The van der Waals surface area contributed by atoms with Gasteiger partial charge in [0.2, 0.25) is 0 Å². The van der Waals surface area contributed by atoms with E-state index in [0.29, 0.717) is 19.3 Å². The summed E-state index contributed by atoms with van der Waals surface area (Å²) >= 11 is 0. The lowest BCUT2D eigenvalue weighted by Gasteiger charge is -2.18. The maximum atomic E-state index is 12.9. The van der Waals surface area contributed by atoms with Crippen LogP contribution in [-0.2, 0) is 28.6 Å². The normalized spacial score (nSPS) is 13.1. The zero-order chi connectivity index (χ0) is 55.7. The highest BCUT2D eigenvalue weighted by Gasteiger charge is 2.19. The molecule has 77 heavy (non-hydrogen) atoms. The smallest absolute Gasteiger partial charge is 0.306 e. The minimum Gasteiger partial charge on any atom is -0.462 e. The molecule has 0 saturated heterocycles. The lowest BCUT2D eigenvalue weighted by atomic mass is 10.1. The third-order valence-electron chi connectivity index (χ3n) is 12.8. The Hall–Kier alpha value is -4.71. The van der Waals surface area contributed by atoms with Crippen LogP contribution >= 0.6 is 0 Å². The van der Waals surface area contributed by atoms with E-state index in [4.69, 9.17) is 14.2 Å². The summed E-state index contributed by atoms with van der Waals surface area (Å²) in [6.07, 6.45) is 91.5. The molecule has 0 aromatic rings. The largest absolute Gasteiger partial charge is 0.462 e. The van der Waals surface area contributed by atoms with Crippen molar-refractivity contribution >= 4 is 17.9 Å². The quantitative estimate of drug-likeness (QED) is 0.0261. The molecule has 434 valence electrons. The molecule has 1 atom stereocenters. The zero-order valence-corrected chi connectivity index (χ0v) is 49.7. The first-order valence-corrected chi connectivity index (χ1v) is 31.3. The number of esters is 3. The molecule has 6 heteroatoms. The second-order valence-electron chi connectivity index (χ2n) is 20.2. The van der Waals surface area contributed by atoms with Crippen molar-refractivity contribution in [2.45, 2.75) is 271 Å². The van der Waals surface area contributed by atoms with Gasteiger partial charge in [-0.05, 0) is 128 Å². The number of unbranched alkanes of at least 4 members (excludes halogenated alkanes) is 20. The second kappa shape index (κ2) is 63.8. The van der Waals surface area contributed by atoms with Crippen molar-refractivity contribution in [3.63, 3.8) is 0 Å². The van der Waals surface area contributed by atoms with Gasteiger partial charge in [-0.2, -0.15) is 0 Å². The Kier molecular flexibility index (Phi) is 59.9. The maximum Gasteiger partial charge on any atom is 0.306 e. The molecule has 0 radical (unpaired) electrons. The molecule has 0 aliphatic carbocycles. The van der Waals surface area contributed by atoms with Crippen LogP contribution in [0.25, 0.3) is 0 Å². The van der Waals surface area contributed by atoms with Crippen LogP contribution in [0.2, 0.25) is 0 Å². The van der Waals surface area contributed by atoms with E-state index in [-0.39, 0.29) is 37.5 Å². The van der Waals surface area contributed by atoms with Crippen LogP contribution < -0.4 is 0 Å². The molecule has 1 unspecified atom stereocenters. The Morgan fingerprint density at radius 1 is 0.273 bits per heavy atom. The van der Waals surface area contributed by atoms with E-state index in [1.165, 1.54) is 89.9 Å². The SMILES string of the molecule is CC/C=C\C/C=C\C/C=C\C/C=C\C/C=C\CCCCCCCCCCCC(=O)OCC(COC(=O)CC/C=C\C/C=C\C/C=C\C/C=C\CC)OC(=O)CCCCCCCC/C=C\C/C=C\C/C=C\CCCCCCC. The fourth-order valence-electron chi connectivity index (χ4n) is 8.20. The van der Waals surface area contributed by atoms with E-state index < -0.39 is 6.10 Å². The fourth-order valence-corrected chi connectivity index (χ4v) is 8.20. The molecule has 0 rings (SSSR count). The van der Waals surface area contributed by atoms with Crippen molar-refractivity contribution in [1.29, 1.82) is 0 Å². The van der Waals surface area contributed by atoms with Gasteiger partial charge in [0, 0.05) is 19.3 Å². The molecule has 0 aromatic carbocycles. The lowest BCUT2D eigenvalue weighted by molar-refractivity contribution is -0.166. The summed E-state index contributed by atoms with van der Waals surface area (Å²) in [6, 6.07) is 0. The van der Waals surface area contributed by atoms with Gasteiger partial charge >= 0.3 is 17.9 Å². The molecular formula is C71H114O6. The average molecular weight is 1060 g/mol. The van der Waals surface area contributed by atoms with Crippen LogP contribution in [0.15, 0.2) is 146 Å². The van der Waals surface area contributed by atoms with E-state index in [1.807, 2.05) is 12.2 Å². The van der Waals surface area contributed by atoms with E-state index in [0.717, 1.165) is 128 Å². The van der Waals surface area contributed by atoms with E-state index in [1.54, 1.807) is 0 Å². The molecule has 0 aliphatic heterocycles. The fraction of sp³-hybridized carbons (Fsp3) is 0.620. The van der Waals surface area contributed by atoms with E-state index >= 15 is 0 Å². The van der Waals surface area contributed by atoms with Gasteiger partial charge in [0.05, 0.1) is 0 Å². The Balaban J connectivity index is 4.44. The van der Waals surface area contributed by atoms with Crippen LogP contribution in [-0.4, -0.2) is 37.2 Å². The molecule has 0 spiro atoms. The van der Waals surface area contributed by atoms with Crippen LogP contribution in [0.1, 0.15) is 265 Å². The molecule has 0 fully saturated rings. The Labute approximate surface area is 474 Å². The standard InChI is InChI=1S/C71H114O6/c1-4-7-10-13-16-19-22-25-27-29-31-33-34-35-36-38-39-41-43-46-49-52-55-58-61-64-70(73)76-67-68(66-75-69(72)63-60-57-54-51-48-45-24-21-18-15-12-9-6-3)77-71(74)65-62-59-56-53-50-47-44-42-40-37-32-30-28-26-23-20-17-14-11-8-5-2/h7,9-10,12,16,18-19,21,23,25-27,30-33,35-36,40,42,45,48,54,57,68H,4-6,8,11,13-15,17,20,22,24,28-29,34,37-39,41,43-44,46-47,49-53,55-56,58-67H2,1-3H3/b10-7-,12-9-,19-16-,21-18-,26-23-,27-25-,32-30-,33-31-,36-35-,42-40-,48-45-,57-54-. The summed E-state index contributed by atoms with van der Waals surface area (Å²) in [4.78, 5) is 38.2. The summed E-state index contributed by atoms with van der Waals surface area (Å²) in [5.41, 5.74) is 0. The van der Waals surface area contributed by atoms with E-state index in [9.17, 15) is 14.4 Å². The topological polar surface area (TPSA) is 78.9 Å². The summed E-state index contributed by atoms with van der Waals surface area (Å²) < 4.78 is 16.8. The van der Waals surface area contributed by atoms with Crippen molar-refractivity contribution in [1.82, 2.24) is 0 Å². The second-order valence-corrected chi connectivity index (χ2v) is 20.2. The van der Waals surface area contributed by atoms with Crippen LogP contribution in [0.4, 0.5) is 0 Å². The Morgan fingerprint density at radius 2 is 0.532 bits per heavy atom. The molecular weight excluding hydrogens is 949 g/mol. The van der Waals surface area contributed by atoms with Gasteiger partial charge in [0.25, 0.3) is 0 Å². The minimum atomic E-state index is -0.824. The Morgan fingerprint density at radius 3 is 0.870 bits per heavy atom. The van der Waals surface area contributed by atoms with Crippen molar-refractivity contribution in [2.24, 2.45) is 0 Å². The van der Waals surface area contributed by atoms with Gasteiger partial charge in [0.1, 0.15) is 13.2 Å². The number of ether oxygens (including phenoxy) is 3. The zero-order valence-electron chi connectivity index (χ0n) is 49.7. The molecule has 6 nitrogen and oxygen atoms in total. The first kappa shape index (κ1) is 72.3. The molecule has 0 saturated carbocycles. The third kappa shape index (κ3) is 62.0. The summed E-state index contributed by atoms with van der Waals surface area (Å²) in [5.74, 6) is -1.02. The van der Waals surface area contributed by atoms with E-state index in [2.05, 4.69) is 154 Å². The summed E-state index contributed by atoms with van der Waals surface area (Å²) in [5, 5.41) is 0. The first-order valence-electron chi connectivity index (χ1n) is 31.3. The van der Waals surface area contributed by atoms with Gasteiger partial charge in [-0.15, -0.1) is 0 Å². The first-order chi connectivity index (χ1) is 38.0. The molecule has 0 aliphatic rings. The molecule has 0 bridgehead atoms. The van der Waals surface area contributed by atoms with Crippen molar-refractivity contribution in [3.05, 3.63) is 146 Å². The lowest BCUT2D eigenvalue weighted by Crippen LogP contribution is -2.30. The predicted octanol–water partition coefficient (Wildman–Crippen LogP) is 21.5. The van der Waals surface area contributed by atoms with Crippen molar-refractivity contribution in [3.8, 4) is 0 Å². The highest BCUT2D eigenvalue weighted by Crippen LogP contribution is 2.14.